The lowest BCUT2D eigenvalue weighted by Crippen LogP contribution is -2.33. The topological polar surface area (TPSA) is 46.3 Å². The molecule has 0 aromatic heterocycles. The van der Waals surface area contributed by atoms with Crippen LogP contribution in [0.4, 0.5) is 0 Å². The molecule has 1 fully saturated rings. The van der Waals surface area contributed by atoms with Crippen molar-refractivity contribution in [3.8, 4) is 0 Å². The standard InChI is InChI=1S/C25H38N2OS/c1-21-10-8-12-23(19-21)11-5-6-13-24-14-15-25(28)27(24)16-18-29-17-7-3-4-9-22(2)20-26/h6,8,10,12-13,19,24H,2-5,7,9,11,14-18,20,26H2,1H3/b13-6+. The minimum atomic E-state index is 0.294. The second-order valence-electron chi connectivity index (χ2n) is 8.03. The van der Waals surface area contributed by atoms with Gasteiger partial charge in [0.05, 0.1) is 6.04 Å². The SMILES string of the molecule is C=C(CN)CCCCCSCCN1C(=O)CCC1/C=C/CCc1cccc(C)c1. The Hall–Kier alpha value is -1.52. The first kappa shape index (κ1) is 23.8. The Morgan fingerprint density at radius 2 is 2.17 bits per heavy atom. The zero-order valence-electron chi connectivity index (χ0n) is 18.1. The quantitative estimate of drug-likeness (QED) is 0.333. The van der Waals surface area contributed by atoms with Crippen LogP contribution in [0, 0.1) is 6.92 Å². The molecule has 0 aliphatic carbocycles. The van der Waals surface area contributed by atoms with Crippen LogP contribution in [0.1, 0.15) is 56.1 Å². The largest absolute Gasteiger partial charge is 0.335 e. The number of allylic oxidation sites excluding steroid dienone is 1. The summed E-state index contributed by atoms with van der Waals surface area (Å²) in [5, 5.41) is 0. The summed E-state index contributed by atoms with van der Waals surface area (Å²) < 4.78 is 0. The molecule has 1 aromatic rings. The molecule has 29 heavy (non-hydrogen) atoms. The minimum Gasteiger partial charge on any atom is -0.335 e. The number of carbonyl (C=O) groups excluding carboxylic acids is 1. The lowest BCUT2D eigenvalue weighted by Gasteiger charge is -2.22. The lowest BCUT2D eigenvalue weighted by atomic mass is 10.1. The highest BCUT2D eigenvalue weighted by atomic mass is 32.2. The van der Waals surface area contributed by atoms with Gasteiger partial charge >= 0.3 is 0 Å². The minimum absolute atomic E-state index is 0.294. The molecule has 2 rings (SSSR count). The molecule has 1 unspecified atom stereocenters. The summed E-state index contributed by atoms with van der Waals surface area (Å²) >= 11 is 1.97. The highest BCUT2D eigenvalue weighted by Gasteiger charge is 2.28. The molecule has 1 saturated heterocycles. The lowest BCUT2D eigenvalue weighted by molar-refractivity contribution is -0.128. The van der Waals surface area contributed by atoms with Gasteiger partial charge in [-0.1, -0.05) is 60.6 Å². The molecule has 4 heteroatoms. The van der Waals surface area contributed by atoms with Crippen molar-refractivity contribution in [3.63, 3.8) is 0 Å². The van der Waals surface area contributed by atoms with Crippen molar-refractivity contribution in [3.05, 3.63) is 59.7 Å². The van der Waals surface area contributed by atoms with E-state index >= 15 is 0 Å². The van der Waals surface area contributed by atoms with E-state index in [0.717, 1.165) is 43.6 Å². The number of thioether (sulfide) groups is 1. The number of nitrogens with zero attached hydrogens (tertiary/aromatic N) is 1. The van der Waals surface area contributed by atoms with Gasteiger partial charge in [0.1, 0.15) is 0 Å². The Morgan fingerprint density at radius 1 is 1.31 bits per heavy atom. The third-order valence-corrected chi connectivity index (χ3v) is 6.55. The van der Waals surface area contributed by atoms with Gasteiger partial charge in [0.15, 0.2) is 0 Å². The number of unbranched alkanes of at least 4 members (excludes halogenated alkanes) is 2. The van der Waals surface area contributed by atoms with Crippen LogP contribution in [0.15, 0.2) is 48.6 Å². The van der Waals surface area contributed by atoms with Crippen molar-refractivity contribution in [1.82, 2.24) is 4.90 Å². The van der Waals surface area contributed by atoms with Gasteiger partial charge in [0.2, 0.25) is 5.91 Å². The Bertz CT molecular complexity index is 671. The van der Waals surface area contributed by atoms with Crippen molar-refractivity contribution in [1.29, 1.82) is 0 Å². The number of rotatable bonds is 14. The van der Waals surface area contributed by atoms with Crippen molar-refractivity contribution >= 4 is 17.7 Å². The average Bonchev–Trinajstić information content (AvgIpc) is 3.06. The van der Waals surface area contributed by atoms with E-state index in [2.05, 4.69) is 54.8 Å². The number of likely N-dealkylation sites (tertiary alicyclic amines) is 1. The highest BCUT2D eigenvalue weighted by molar-refractivity contribution is 7.99. The molecule has 1 aliphatic heterocycles. The maximum atomic E-state index is 12.2. The van der Waals surface area contributed by atoms with E-state index in [1.165, 1.54) is 36.1 Å². The number of nitrogens with two attached hydrogens (primary N) is 1. The summed E-state index contributed by atoms with van der Waals surface area (Å²) in [6, 6.07) is 9.00. The summed E-state index contributed by atoms with van der Waals surface area (Å²) in [4.78, 5) is 14.3. The maximum absolute atomic E-state index is 12.2. The van der Waals surface area contributed by atoms with Gasteiger partial charge in [-0.3, -0.25) is 4.79 Å². The number of benzene rings is 1. The van der Waals surface area contributed by atoms with Gasteiger partial charge in [0.25, 0.3) is 0 Å². The normalized spacial score (nSPS) is 16.8. The fraction of sp³-hybridized carbons (Fsp3) is 0.560. The Morgan fingerprint density at radius 3 is 2.97 bits per heavy atom. The smallest absolute Gasteiger partial charge is 0.223 e. The molecule has 0 bridgehead atoms. The third kappa shape index (κ3) is 9.22. The molecule has 1 aromatic carbocycles. The van der Waals surface area contributed by atoms with E-state index in [-0.39, 0.29) is 0 Å². The van der Waals surface area contributed by atoms with E-state index < -0.39 is 0 Å². The van der Waals surface area contributed by atoms with Crippen LogP contribution in [0.2, 0.25) is 0 Å². The highest BCUT2D eigenvalue weighted by Crippen LogP contribution is 2.21. The Labute approximate surface area is 181 Å². The number of hydrogen-bond acceptors (Lipinski definition) is 3. The first-order valence-corrected chi connectivity index (χ1v) is 12.2. The van der Waals surface area contributed by atoms with E-state index in [0.29, 0.717) is 24.9 Å². The molecule has 1 atom stereocenters. The van der Waals surface area contributed by atoms with Crippen LogP contribution >= 0.6 is 11.8 Å². The first-order valence-electron chi connectivity index (χ1n) is 11.1. The molecular weight excluding hydrogens is 376 g/mol. The summed E-state index contributed by atoms with van der Waals surface area (Å²) in [6.07, 6.45) is 13.0. The molecule has 0 radical (unpaired) electrons. The molecule has 3 nitrogen and oxygen atoms in total. The van der Waals surface area contributed by atoms with E-state index in [4.69, 9.17) is 5.73 Å². The summed E-state index contributed by atoms with van der Waals surface area (Å²) in [6.45, 7) is 7.57. The summed E-state index contributed by atoms with van der Waals surface area (Å²) in [7, 11) is 0. The number of aryl methyl sites for hydroxylation is 2. The zero-order valence-corrected chi connectivity index (χ0v) is 18.9. The van der Waals surface area contributed by atoms with Crippen LogP contribution in [-0.2, 0) is 11.2 Å². The molecule has 0 spiro atoms. The van der Waals surface area contributed by atoms with Gasteiger partial charge in [-0.15, -0.1) is 0 Å². The number of carbonyl (C=O) groups is 1. The van der Waals surface area contributed by atoms with Gasteiger partial charge in [-0.2, -0.15) is 11.8 Å². The number of hydrogen-bond donors (Lipinski definition) is 1. The van der Waals surface area contributed by atoms with Gasteiger partial charge < -0.3 is 10.6 Å². The van der Waals surface area contributed by atoms with Crippen LogP contribution in [0.25, 0.3) is 0 Å². The van der Waals surface area contributed by atoms with Crippen LogP contribution < -0.4 is 5.73 Å². The van der Waals surface area contributed by atoms with Gasteiger partial charge in [-0.25, -0.2) is 0 Å². The van der Waals surface area contributed by atoms with Crippen molar-refractivity contribution in [2.75, 3.05) is 24.6 Å². The Balaban J connectivity index is 1.60. The predicted molar refractivity (Wildman–Crippen MR) is 127 cm³/mol. The molecule has 1 heterocycles. The summed E-state index contributed by atoms with van der Waals surface area (Å²) in [5.41, 5.74) is 9.42. The maximum Gasteiger partial charge on any atom is 0.223 e. The van der Waals surface area contributed by atoms with Crippen molar-refractivity contribution in [2.24, 2.45) is 5.73 Å². The monoisotopic (exact) mass is 414 g/mol. The zero-order chi connectivity index (χ0) is 20.9. The molecule has 2 N–H and O–H groups in total. The molecule has 1 aliphatic rings. The fourth-order valence-corrected chi connectivity index (χ4v) is 4.68. The van der Waals surface area contributed by atoms with Crippen LogP contribution in [-0.4, -0.2) is 41.4 Å². The number of amides is 1. The molecule has 1 amide bonds. The van der Waals surface area contributed by atoms with E-state index in [9.17, 15) is 4.79 Å². The summed E-state index contributed by atoms with van der Waals surface area (Å²) in [5.74, 6) is 2.53. The molecule has 160 valence electrons. The van der Waals surface area contributed by atoms with Crippen molar-refractivity contribution < 1.29 is 4.79 Å². The Kier molecular flexibility index (Phi) is 11.2. The predicted octanol–water partition coefficient (Wildman–Crippen LogP) is 5.28. The van der Waals surface area contributed by atoms with Crippen LogP contribution in [0.3, 0.4) is 0 Å². The van der Waals surface area contributed by atoms with E-state index in [1.54, 1.807) is 0 Å². The second-order valence-corrected chi connectivity index (χ2v) is 9.25. The molecule has 0 saturated carbocycles. The van der Waals surface area contributed by atoms with Crippen LogP contribution in [0.5, 0.6) is 0 Å². The second kappa shape index (κ2) is 13.7. The van der Waals surface area contributed by atoms with Crippen molar-refractivity contribution in [2.45, 2.75) is 64.3 Å². The van der Waals surface area contributed by atoms with Gasteiger partial charge in [-0.05, 0) is 56.8 Å². The average molecular weight is 415 g/mol. The molecular formula is C25H38N2OS. The fourth-order valence-electron chi connectivity index (χ4n) is 3.74. The third-order valence-electron chi connectivity index (χ3n) is 5.50. The van der Waals surface area contributed by atoms with Gasteiger partial charge in [0, 0.05) is 25.3 Å². The van der Waals surface area contributed by atoms with E-state index in [1.807, 2.05) is 11.8 Å². The first-order chi connectivity index (χ1) is 14.1.